The number of hydrogen-bond acceptors (Lipinski definition) is 2. The zero-order valence-electron chi connectivity index (χ0n) is 10.7. The fourth-order valence-corrected chi connectivity index (χ4v) is 2.30. The third kappa shape index (κ3) is 2.51. The van der Waals surface area contributed by atoms with Gasteiger partial charge in [0, 0.05) is 19.0 Å². The quantitative estimate of drug-likeness (QED) is 0.715. The van der Waals surface area contributed by atoms with Crippen LogP contribution < -0.4 is 0 Å². The van der Waals surface area contributed by atoms with Crippen LogP contribution in [0.1, 0.15) is 47.0 Å². The summed E-state index contributed by atoms with van der Waals surface area (Å²) in [7, 11) is 2.13. The first-order valence-electron chi connectivity index (χ1n) is 5.90. The number of unbranched alkanes of at least 4 members (excludes halogenated alkanes) is 1. The summed E-state index contributed by atoms with van der Waals surface area (Å²) in [5.41, 5.74) is 0.115. The van der Waals surface area contributed by atoms with Gasteiger partial charge in [-0.3, -0.25) is 9.69 Å². The van der Waals surface area contributed by atoms with E-state index < -0.39 is 0 Å². The molecule has 0 aliphatic carbocycles. The first-order valence-corrected chi connectivity index (χ1v) is 5.90. The Morgan fingerprint density at radius 3 is 2.53 bits per heavy atom. The van der Waals surface area contributed by atoms with Crippen molar-refractivity contribution < 1.29 is 4.79 Å². The Balaban J connectivity index is 2.75. The molecule has 0 bridgehead atoms. The lowest BCUT2D eigenvalue weighted by molar-refractivity contribution is -0.131. The van der Waals surface area contributed by atoms with E-state index in [0.717, 1.165) is 13.0 Å². The van der Waals surface area contributed by atoms with Gasteiger partial charge in [0.05, 0.1) is 6.17 Å². The van der Waals surface area contributed by atoms with Gasteiger partial charge in [-0.1, -0.05) is 19.8 Å². The maximum atomic E-state index is 11.6. The second kappa shape index (κ2) is 4.52. The topological polar surface area (TPSA) is 23.6 Å². The van der Waals surface area contributed by atoms with Gasteiger partial charge >= 0.3 is 0 Å². The molecule has 0 aromatic heterocycles. The van der Waals surface area contributed by atoms with E-state index in [4.69, 9.17) is 0 Å². The molecule has 1 fully saturated rings. The minimum Gasteiger partial charge on any atom is -0.325 e. The van der Waals surface area contributed by atoms with Crippen molar-refractivity contribution in [3.63, 3.8) is 0 Å². The molecule has 3 nitrogen and oxygen atoms in total. The van der Waals surface area contributed by atoms with Crippen LogP contribution in [0.25, 0.3) is 0 Å². The molecule has 1 aliphatic heterocycles. The second-order valence-electron chi connectivity index (χ2n) is 5.19. The maximum Gasteiger partial charge on any atom is 0.220 e. The van der Waals surface area contributed by atoms with Crippen molar-refractivity contribution in [2.45, 2.75) is 58.7 Å². The Hall–Kier alpha value is -0.570. The summed E-state index contributed by atoms with van der Waals surface area (Å²) in [5.74, 6) is 0.202. The summed E-state index contributed by atoms with van der Waals surface area (Å²) in [5, 5.41) is 0. The van der Waals surface area contributed by atoms with Crippen LogP contribution in [0.5, 0.6) is 0 Å². The molecular formula is C12H24N2O. The highest BCUT2D eigenvalue weighted by atomic mass is 16.2. The maximum absolute atomic E-state index is 11.6. The zero-order chi connectivity index (χ0) is 11.6. The van der Waals surface area contributed by atoms with E-state index in [2.05, 4.69) is 32.7 Å². The molecule has 0 N–H and O–H groups in total. The molecule has 1 amide bonds. The normalized spacial score (nSPS) is 25.9. The Morgan fingerprint density at radius 1 is 1.47 bits per heavy atom. The van der Waals surface area contributed by atoms with Gasteiger partial charge < -0.3 is 4.90 Å². The zero-order valence-corrected chi connectivity index (χ0v) is 10.7. The van der Waals surface area contributed by atoms with Gasteiger partial charge in [-0.25, -0.2) is 0 Å². The molecule has 1 heterocycles. The van der Waals surface area contributed by atoms with E-state index in [0.29, 0.717) is 6.17 Å². The summed E-state index contributed by atoms with van der Waals surface area (Å²) in [6.07, 6.45) is 3.78. The van der Waals surface area contributed by atoms with Crippen molar-refractivity contribution in [1.82, 2.24) is 9.80 Å². The van der Waals surface area contributed by atoms with Gasteiger partial charge in [0.1, 0.15) is 0 Å². The largest absolute Gasteiger partial charge is 0.325 e. The van der Waals surface area contributed by atoms with Crippen LogP contribution >= 0.6 is 0 Å². The van der Waals surface area contributed by atoms with Crippen LogP contribution in [0.3, 0.4) is 0 Å². The monoisotopic (exact) mass is 212 g/mol. The van der Waals surface area contributed by atoms with Gasteiger partial charge in [0.2, 0.25) is 5.91 Å². The molecule has 1 unspecified atom stereocenters. The summed E-state index contributed by atoms with van der Waals surface area (Å²) < 4.78 is 0. The molecular weight excluding hydrogens is 188 g/mol. The number of rotatable bonds is 3. The van der Waals surface area contributed by atoms with Crippen LogP contribution in [0, 0.1) is 0 Å². The van der Waals surface area contributed by atoms with Crippen molar-refractivity contribution in [2.24, 2.45) is 0 Å². The fraction of sp³-hybridized carbons (Fsp3) is 0.917. The molecule has 0 aromatic carbocycles. The van der Waals surface area contributed by atoms with E-state index in [1.165, 1.54) is 12.8 Å². The number of nitrogens with zero attached hydrogens (tertiary/aromatic N) is 2. The Morgan fingerprint density at radius 2 is 2.07 bits per heavy atom. The molecule has 1 aliphatic rings. The average molecular weight is 212 g/mol. The van der Waals surface area contributed by atoms with Gasteiger partial charge in [-0.15, -0.1) is 0 Å². The summed E-state index contributed by atoms with van der Waals surface area (Å²) in [6.45, 7) is 9.13. The van der Waals surface area contributed by atoms with E-state index in [-0.39, 0.29) is 11.4 Å². The highest BCUT2D eigenvalue weighted by molar-refractivity contribution is 5.74. The van der Waals surface area contributed by atoms with Crippen LogP contribution in [0.15, 0.2) is 0 Å². The predicted octanol–water partition coefficient (Wildman–Crippen LogP) is 2.08. The number of likely N-dealkylation sites (N-methyl/N-ethyl adjacent to an activating group) is 1. The van der Waals surface area contributed by atoms with E-state index in [1.54, 1.807) is 6.92 Å². The molecule has 0 aromatic rings. The molecule has 0 spiro atoms. The van der Waals surface area contributed by atoms with Crippen molar-refractivity contribution in [3.05, 3.63) is 0 Å². The number of carbonyl (C=O) groups excluding carboxylic acids is 1. The van der Waals surface area contributed by atoms with Crippen LogP contribution in [0.4, 0.5) is 0 Å². The van der Waals surface area contributed by atoms with Crippen molar-refractivity contribution in [3.8, 4) is 0 Å². The van der Waals surface area contributed by atoms with Crippen LogP contribution in [-0.4, -0.2) is 41.0 Å². The lowest BCUT2D eigenvalue weighted by atomic mass is 10.1. The Labute approximate surface area is 93.4 Å². The summed E-state index contributed by atoms with van der Waals surface area (Å²) >= 11 is 0. The molecule has 1 rings (SSSR count). The van der Waals surface area contributed by atoms with Gasteiger partial charge in [0.15, 0.2) is 0 Å². The van der Waals surface area contributed by atoms with E-state index in [1.807, 2.05) is 4.90 Å². The standard InChI is InChI=1S/C12H24N2O/c1-6-7-8-11-13(5)12(3,4)9-14(11)10(2)15/h11H,6-9H2,1-5H3. The molecule has 15 heavy (non-hydrogen) atoms. The molecule has 1 atom stereocenters. The second-order valence-corrected chi connectivity index (χ2v) is 5.19. The predicted molar refractivity (Wildman–Crippen MR) is 62.5 cm³/mol. The van der Waals surface area contributed by atoms with Crippen LogP contribution in [0.2, 0.25) is 0 Å². The van der Waals surface area contributed by atoms with Crippen molar-refractivity contribution >= 4 is 5.91 Å². The van der Waals surface area contributed by atoms with Crippen molar-refractivity contribution in [1.29, 1.82) is 0 Å². The van der Waals surface area contributed by atoms with E-state index >= 15 is 0 Å². The van der Waals surface area contributed by atoms with Crippen molar-refractivity contribution in [2.75, 3.05) is 13.6 Å². The third-order valence-corrected chi connectivity index (χ3v) is 3.54. The average Bonchev–Trinajstić information content (AvgIpc) is 2.37. The lowest BCUT2D eigenvalue weighted by Crippen LogP contribution is -2.42. The fourth-order valence-electron chi connectivity index (χ4n) is 2.30. The number of amides is 1. The van der Waals surface area contributed by atoms with Gasteiger partial charge in [0.25, 0.3) is 0 Å². The summed E-state index contributed by atoms with van der Waals surface area (Å²) in [4.78, 5) is 15.9. The molecule has 0 radical (unpaired) electrons. The molecule has 3 heteroatoms. The minimum absolute atomic E-state index is 0.115. The van der Waals surface area contributed by atoms with Crippen LogP contribution in [-0.2, 0) is 4.79 Å². The Kier molecular flexibility index (Phi) is 3.77. The highest BCUT2D eigenvalue weighted by Gasteiger charge is 2.42. The van der Waals surface area contributed by atoms with Gasteiger partial charge in [-0.2, -0.15) is 0 Å². The SMILES string of the molecule is CCCCC1N(C(C)=O)CC(C)(C)N1C. The molecule has 0 saturated carbocycles. The summed E-state index contributed by atoms with van der Waals surface area (Å²) in [6, 6.07) is 0. The third-order valence-electron chi connectivity index (χ3n) is 3.54. The van der Waals surface area contributed by atoms with Gasteiger partial charge in [-0.05, 0) is 27.3 Å². The Bertz CT molecular complexity index is 238. The molecule has 88 valence electrons. The first-order chi connectivity index (χ1) is 6.90. The smallest absolute Gasteiger partial charge is 0.220 e. The number of hydrogen-bond donors (Lipinski definition) is 0. The van der Waals surface area contributed by atoms with E-state index in [9.17, 15) is 4.79 Å². The molecule has 1 saturated heterocycles. The lowest BCUT2D eigenvalue weighted by Gasteiger charge is -2.31. The minimum atomic E-state index is 0.115. The highest BCUT2D eigenvalue weighted by Crippen LogP contribution is 2.30. The first kappa shape index (κ1) is 12.5. The number of carbonyl (C=O) groups is 1.